The Balaban J connectivity index is 1.99. The van der Waals surface area contributed by atoms with Crippen molar-refractivity contribution in [1.29, 1.82) is 0 Å². The minimum absolute atomic E-state index is 0.225. The van der Waals surface area contributed by atoms with Crippen LogP contribution in [0.25, 0.3) is 17.1 Å². The summed E-state index contributed by atoms with van der Waals surface area (Å²) < 4.78 is 2.00. The first kappa shape index (κ1) is 12.7. The fourth-order valence-electron chi connectivity index (χ4n) is 2.21. The summed E-state index contributed by atoms with van der Waals surface area (Å²) in [6, 6.07) is 1.95. The summed E-state index contributed by atoms with van der Waals surface area (Å²) in [5, 5.41) is 3.79. The van der Waals surface area contributed by atoms with E-state index in [1.807, 2.05) is 17.7 Å². The van der Waals surface area contributed by atoms with E-state index in [0.29, 0.717) is 5.69 Å². The van der Waals surface area contributed by atoms with Gasteiger partial charge in [0.25, 0.3) is 0 Å². The second-order valence-electron chi connectivity index (χ2n) is 5.18. The first-order valence-corrected chi connectivity index (χ1v) is 6.74. The standard InChI is InChI=1S/C16H17N3O/c1-3-15(20)18-13-8-14-12(7-6-11-4-5-11)10-19(2)16(14)17-9-13/h3,6-11H,1,4-5H2,2H3,(H,18,20). The van der Waals surface area contributed by atoms with Gasteiger partial charge in [-0.3, -0.25) is 4.79 Å². The number of hydrogen-bond acceptors (Lipinski definition) is 2. The van der Waals surface area contributed by atoms with Crippen LogP contribution in [0.15, 0.2) is 37.2 Å². The molecule has 0 radical (unpaired) electrons. The van der Waals surface area contributed by atoms with Crippen LogP contribution in [0.4, 0.5) is 5.69 Å². The minimum atomic E-state index is -0.225. The molecule has 4 heteroatoms. The molecule has 0 aromatic carbocycles. The number of carbonyl (C=O) groups excluding carboxylic acids is 1. The van der Waals surface area contributed by atoms with Gasteiger partial charge >= 0.3 is 0 Å². The molecule has 4 nitrogen and oxygen atoms in total. The molecule has 1 N–H and O–H groups in total. The Morgan fingerprint density at radius 2 is 2.35 bits per heavy atom. The largest absolute Gasteiger partial charge is 0.335 e. The third-order valence-corrected chi connectivity index (χ3v) is 3.47. The molecule has 0 saturated heterocycles. The normalized spacial score (nSPS) is 14.8. The molecule has 2 heterocycles. The van der Waals surface area contributed by atoms with Gasteiger partial charge in [0.2, 0.25) is 5.91 Å². The van der Waals surface area contributed by atoms with Gasteiger partial charge in [-0.2, -0.15) is 0 Å². The van der Waals surface area contributed by atoms with Crippen LogP contribution in [-0.4, -0.2) is 15.5 Å². The van der Waals surface area contributed by atoms with Gasteiger partial charge in [-0.05, 0) is 30.9 Å². The van der Waals surface area contributed by atoms with E-state index >= 15 is 0 Å². The molecule has 0 bridgehead atoms. The number of carbonyl (C=O) groups is 1. The molecule has 1 fully saturated rings. The molecule has 1 saturated carbocycles. The predicted octanol–water partition coefficient (Wildman–Crippen LogP) is 3.12. The summed E-state index contributed by atoms with van der Waals surface area (Å²) in [6.07, 6.45) is 12.0. The molecular formula is C16H17N3O. The van der Waals surface area contributed by atoms with E-state index in [2.05, 4.69) is 35.2 Å². The zero-order valence-corrected chi connectivity index (χ0v) is 11.5. The molecule has 0 atom stereocenters. The van der Waals surface area contributed by atoms with Crippen LogP contribution in [0.5, 0.6) is 0 Å². The van der Waals surface area contributed by atoms with E-state index in [1.54, 1.807) is 6.20 Å². The number of fused-ring (bicyclic) bond motifs is 1. The van der Waals surface area contributed by atoms with Crippen molar-refractivity contribution in [2.45, 2.75) is 12.8 Å². The van der Waals surface area contributed by atoms with Gasteiger partial charge < -0.3 is 9.88 Å². The van der Waals surface area contributed by atoms with Crippen molar-refractivity contribution in [3.8, 4) is 0 Å². The third kappa shape index (κ3) is 2.50. The van der Waals surface area contributed by atoms with Gasteiger partial charge in [-0.25, -0.2) is 4.98 Å². The van der Waals surface area contributed by atoms with E-state index < -0.39 is 0 Å². The van der Waals surface area contributed by atoms with E-state index in [-0.39, 0.29) is 5.91 Å². The molecule has 2 aromatic rings. The number of aromatic nitrogens is 2. The second kappa shape index (κ2) is 4.96. The van der Waals surface area contributed by atoms with Crippen molar-refractivity contribution in [3.05, 3.63) is 42.8 Å². The van der Waals surface area contributed by atoms with Crippen LogP contribution in [0, 0.1) is 5.92 Å². The molecule has 0 spiro atoms. The van der Waals surface area contributed by atoms with Gasteiger partial charge in [-0.15, -0.1) is 0 Å². The van der Waals surface area contributed by atoms with Crippen molar-refractivity contribution in [2.24, 2.45) is 13.0 Å². The first-order chi connectivity index (χ1) is 9.67. The highest BCUT2D eigenvalue weighted by Gasteiger charge is 2.17. The maximum absolute atomic E-state index is 11.4. The maximum Gasteiger partial charge on any atom is 0.247 e. The van der Waals surface area contributed by atoms with E-state index in [9.17, 15) is 4.79 Å². The number of pyridine rings is 1. The van der Waals surface area contributed by atoms with Gasteiger partial charge in [0, 0.05) is 24.2 Å². The van der Waals surface area contributed by atoms with Crippen LogP contribution in [0.1, 0.15) is 18.4 Å². The molecule has 20 heavy (non-hydrogen) atoms. The zero-order chi connectivity index (χ0) is 14.1. The summed E-state index contributed by atoms with van der Waals surface area (Å²) in [5.41, 5.74) is 2.74. The zero-order valence-electron chi connectivity index (χ0n) is 11.5. The van der Waals surface area contributed by atoms with Crippen LogP contribution in [-0.2, 0) is 11.8 Å². The SMILES string of the molecule is C=CC(=O)Nc1cnc2c(c1)c(C=CC1CC1)cn2C. The Morgan fingerprint density at radius 3 is 3.05 bits per heavy atom. The Hall–Kier alpha value is -2.36. The van der Waals surface area contributed by atoms with Gasteiger partial charge in [0.1, 0.15) is 5.65 Å². The number of nitrogens with one attached hydrogen (secondary N) is 1. The lowest BCUT2D eigenvalue weighted by atomic mass is 10.2. The van der Waals surface area contributed by atoms with Crippen molar-refractivity contribution in [1.82, 2.24) is 9.55 Å². The van der Waals surface area contributed by atoms with Crippen LogP contribution >= 0.6 is 0 Å². The van der Waals surface area contributed by atoms with Crippen LogP contribution in [0.3, 0.4) is 0 Å². The van der Waals surface area contributed by atoms with E-state index in [0.717, 1.165) is 22.5 Å². The Morgan fingerprint density at radius 1 is 1.55 bits per heavy atom. The number of amides is 1. The molecule has 102 valence electrons. The highest BCUT2D eigenvalue weighted by Crippen LogP contribution is 2.32. The molecule has 1 amide bonds. The number of aryl methyl sites for hydroxylation is 1. The Bertz CT molecular complexity index is 708. The topological polar surface area (TPSA) is 46.9 Å². The number of anilines is 1. The fraction of sp³-hybridized carbons (Fsp3) is 0.250. The lowest BCUT2D eigenvalue weighted by molar-refractivity contribution is -0.111. The summed E-state index contributed by atoms with van der Waals surface area (Å²) in [5.74, 6) is 0.513. The van der Waals surface area contributed by atoms with E-state index in [4.69, 9.17) is 0 Å². The summed E-state index contributed by atoms with van der Waals surface area (Å²) in [6.45, 7) is 3.45. The second-order valence-corrected chi connectivity index (χ2v) is 5.18. The highest BCUT2D eigenvalue weighted by atomic mass is 16.1. The lowest BCUT2D eigenvalue weighted by Gasteiger charge is -2.02. The van der Waals surface area contributed by atoms with E-state index in [1.165, 1.54) is 18.9 Å². The average molecular weight is 267 g/mol. The molecule has 2 aromatic heterocycles. The molecule has 0 aliphatic heterocycles. The average Bonchev–Trinajstić information content (AvgIpc) is 3.22. The van der Waals surface area contributed by atoms with Crippen molar-refractivity contribution in [3.63, 3.8) is 0 Å². The summed E-state index contributed by atoms with van der Waals surface area (Å²) >= 11 is 0. The predicted molar refractivity (Wildman–Crippen MR) is 81.3 cm³/mol. The molecule has 0 unspecified atom stereocenters. The van der Waals surface area contributed by atoms with Crippen molar-refractivity contribution >= 4 is 28.7 Å². The minimum Gasteiger partial charge on any atom is -0.335 e. The molecule has 1 aliphatic rings. The molecule has 3 rings (SSSR count). The highest BCUT2D eigenvalue weighted by molar-refractivity contribution is 6.00. The maximum atomic E-state index is 11.4. The monoisotopic (exact) mass is 267 g/mol. The van der Waals surface area contributed by atoms with Crippen LogP contribution in [0.2, 0.25) is 0 Å². The Labute approximate surface area is 117 Å². The number of hydrogen-bond donors (Lipinski definition) is 1. The van der Waals surface area contributed by atoms with Crippen molar-refractivity contribution in [2.75, 3.05) is 5.32 Å². The fourth-order valence-corrected chi connectivity index (χ4v) is 2.21. The summed E-state index contributed by atoms with van der Waals surface area (Å²) in [4.78, 5) is 15.8. The van der Waals surface area contributed by atoms with Gasteiger partial charge in [0.05, 0.1) is 11.9 Å². The first-order valence-electron chi connectivity index (χ1n) is 6.74. The number of allylic oxidation sites excluding steroid dienone is 1. The lowest BCUT2D eigenvalue weighted by Crippen LogP contribution is -2.07. The van der Waals surface area contributed by atoms with Gasteiger partial charge in [-0.1, -0.05) is 18.7 Å². The van der Waals surface area contributed by atoms with Crippen LogP contribution < -0.4 is 5.32 Å². The number of rotatable bonds is 4. The number of nitrogens with zero attached hydrogens (tertiary/aromatic N) is 2. The summed E-state index contributed by atoms with van der Waals surface area (Å²) in [7, 11) is 1.98. The third-order valence-electron chi connectivity index (χ3n) is 3.47. The molecule has 1 aliphatic carbocycles. The Kier molecular flexibility index (Phi) is 3.14. The smallest absolute Gasteiger partial charge is 0.247 e. The van der Waals surface area contributed by atoms with Gasteiger partial charge in [0.15, 0.2) is 0 Å². The quantitative estimate of drug-likeness (QED) is 0.865. The van der Waals surface area contributed by atoms with Crippen molar-refractivity contribution < 1.29 is 4.79 Å². The molecular weight excluding hydrogens is 250 g/mol.